The van der Waals surface area contributed by atoms with Crippen LogP contribution in [0.5, 0.6) is 5.75 Å². The minimum Gasteiger partial charge on any atom is -0.496 e. The van der Waals surface area contributed by atoms with Gasteiger partial charge >= 0.3 is 0 Å². The topological polar surface area (TPSA) is 26.3 Å². The van der Waals surface area contributed by atoms with Crippen molar-refractivity contribution < 1.29 is 9.53 Å². The molecule has 2 nitrogen and oxygen atoms in total. The predicted octanol–water partition coefficient (Wildman–Crippen LogP) is 3.17. The highest BCUT2D eigenvalue weighted by Crippen LogP contribution is 2.30. The second-order valence-electron chi connectivity index (χ2n) is 3.44. The quantitative estimate of drug-likeness (QED) is 0.730. The van der Waals surface area contributed by atoms with Crippen LogP contribution in [0, 0.1) is 0 Å². The van der Waals surface area contributed by atoms with Gasteiger partial charge in [0.25, 0.3) is 0 Å². The maximum Gasteiger partial charge on any atom is 0.150 e. The molecule has 0 atom stereocenters. The predicted molar refractivity (Wildman–Crippen MR) is 63.8 cm³/mol. The fourth-order valence-electron chi connectivity index (χ4n) is 1.64. The van der Waals surface area contributed by atoms with Crippen LogP contribution in [0.1, 0.15) is 10.4 Å². The van der Waals surface area contributed by atoms with Crippen LogP contribution in [-0.4, -0.2) is 13.4 Å². The van der Waals surface area contributed by atoms with Crippen molar-refractivity contribution in [2.75, 3.05) is 7.11 Å². The summed E-state index contributed by atoms with van der Waals surface area (Å²) >= 11 is 0. The van der Waals surface area contributed by atoms with E-state index in [0.717, 1.165) is 23.2 Å². The molecule has 0 saturated heterocycles. The molecule has 2 aromatic carbocycles. The number of rotatable bonds is 3. The first-order valence-electron chi connectivity index (χ1n) is 5.04. The van der Waals surface area contributed by atoms with Gasteiger partial charge < -0.3 is 4.74 Å². The highest BCUT2D eigenvalue weighted by atomic mass is 16.5. The van der Waals surface area contributed by atoms with Gasteiger partial charge in [-0.05, 0) is 23.8 Å². The zero-order valence-electron chi connectivity index (χ0n) is 9.01. The van der Waals surface area contributed by atoms with E-state index in [-0.39, 0.29) is 0 Å². The lowest BCUT2D eigenvalue weighted by Crippen LogP contribution is -1.90. The summed E-state index contributed by atoms with van der Waals surface area (Å²) in [4.78, 5) is 10.7. The van der Waals surface area contributed by atoms with Gasteiger partial charge in [0.15, 0.2) is 0 Å². The number of hydrogen-bond donors (Lipinski definition) is 0. The largest absolute Gasteiger partial charge is 0.496 e. The number of aldehydes is 1. The van der Waals surface area contributed by atoms with Crippen molar-refractivity contribution in [2.24, 2.45) is 0 Å². The minimum absolute atomic E-state index is 0.652. The molecule has 0 unspecified atom stereocenters. The molecular weight excluding hydrogens is 200 g/mol. The van der Waals surface area contributed by atoms with E-state index in [4.69, 9.17) is 4.74 Å². The van der Waals surface area contributed by atoms with Gasteiger partial charge in [-0.15, -0.1) is 0 Å². The second kappa shape index (κ2) is 4.62. The Morgan fingerprint density at radius 2 is 1.81 bits per heavy atom. The van der Waals surface area contributed by atoms with E-state index < -0.39 is 0 Å². The van der Waals surface area contributed by atoms with Crippen LogP contribution in [0.2, 0.25) is 0 Å². The molecule has 0 radical (unpaired) electrons. The molecule has 0 N–H and O–H groups in total. The monoisotopic (exact) mass is 212 g/mol. The summed E-state index contributed by atoms with van der Waals surface area (Å²) in [5, 5.41) is 0. The lowest BCUT2D eigenvalue weighted by atomic mass is 10.0. The third kappa shape index (κ3) is 1.96. The number of benzene rings is 2. The molecule has 0 aliphatic carbocycles. The zero-order valence-corrected chi connectivity index (χ0v) is 9.01. The summed E-state index contributed by atoms with van der Waals surface area (Å²) in [5.74, 6) is 0.775. The van der Waals surface area contributed by atoms with Crippen LogP contribution in [0.25, 0.3) is 11.1 Å². The third-order valence-corrected chi connectivity index (χ3v) is 2.44. The molecule has 0 amide bonds. The third-order valence-electron chi connectivity index (χ3n) is 2.44. The molecule has 0 aromatic heterocycles. The Morgan fingerprint density at radius 3 is 2.44 bits per heavy atom. The average molecular weight is 212 g/mol. The SMILES string of the molecule is COc1ccc(C=O)cc1-c1ccccc1. The maximum atomic E-state index is 10.7. The molecule has 2 heteroatoms. The van der Waals surface area contributed by atoms with E-state index in [1.807, 2.05) is 42.5 Å². The van der Waals surface area contributed by atoms with Gasteiger partial charge in [-0.3, -0.25) is 4.79 Å². The Morgan fingerprint density at radius 1 is 1.06 bits per heavy atom. The van der Waals surface area contributed by atoms with Crippen molar-refractivity contribution >= 4 is 6.29 Å². The number of methoxy groups -OCH3 is 1. The summed E-state index contributed by atoms with van der Waals surface area (Å²) in [6, 6.07) is 15.3. The van der Waals surface area contributed by atoms with Crippen LogP contribution in [0.3, 0.4) is 0 Å². The van der Waals surface area contributed by atoms with Gasteiger partial charge in [0.2, 0.25) is 0 Å². The van der Waals surface area contributed by atoms with Gasteiger partial charge in [0.1, 0.15) is 12.0 Å². The Kier molecular flexibility index (Phi) is 3.01. The van der Waals surface area contributed by atoms with Gasteiger partial charge in [-0.1, -0.05) is 30.3 Å². The van der Waals surface area contributed by atoms with Crippen LogP contribution < -0.4 is 4.74 Å². The summed E-state index contributed by atoms with van der Waals surface area (Å²) in [6.07, 6.45) is 0.839. The van der Waals surface area contributed by atoms with Crippen molar-refractivity contribution in [3.05, 3.63) is 54.1 Å². The summed E-state index contributed by atoms with van der Waals surface area (Å²) in [7, 11) is 1.63. The number of hydrogen-bond acceptors (Lipinski definition) is 2. The van der Waals surface area contributed by atoms with E-state index in [0.29, 0.717) is 5.56 Å². The van der Waals surface area contributed by atoms with Crippen LogP contribution in [-0.2, 0) is 0 Å². The molecular formula is C14H12O2. The van der Waals surface area contributed by atoms with E-state index >= 15 is 0 Å². The summed E-state index contributed by atoms with van der Waals surface area (Å²) in [5.41, 5.74) is 2.63. The molecule has 2 aromatic rings. The fourth-order valence-corrected chi connectivity index (χ4v) is 1.64. The van der Waals surface area contributed by atoms with Crippen LogP contribution in [0.15, 0.2) is 48.5 Å². The van der Waals surface area contributed by atoms with Crippen molar-refractivity contribution in [3.8, 4) is 16.9 Å². The highest BCUT2D eigenvalue weighted by molar-refractivity contribution is 5.81. The van der Waals surface area contributed by atoms with Gasteiger partial charge in [0, 0.05) is 11.1 Å². The van der Waals surface area contributed by atoms with Crippen LogP contribution in [0.4, 0.5) is 0 Å². The summed E-state index contributed by atoms with van der Waals surface area (Å²) in [6.45, 7) is 0. The first kappa shape index (κ1) is 10.4. The zero-order chi connectivity index (χ0) is 11.4. The van der Waals surface area contributed by atoms with Crippen molar-refractivity contribution in [3.63, 3.8) is 0 Å². The normalized spacial score (nSPS) is 9.81. The lowest BCUT2D eigenvalue weighted by Gasteiger charge is -2.08. The standard InChI is InChI=1S/C14H12O2/c1-16-14-8-7-11(10-15)9-13(14)12-5-3-2-4-6-12/h2-10H,1H3. The highest BCUT2D eigenvalue weighted by Gasteiger charge is 2.05. The molecule has 80 valence electrons. The van der Waals surface area contributed by atoms with Gasteiger partial charge in [-0.2, -0.15) is 0 Å². The van der Waals surface area contributed by atoms with E-state index in [9.17, 15) is 4.79 Å². The molecule has 0 aliphatic heterocycles. The number of ether oxygens (including phenoxy) is 1. The Hall–Kier alpha value is -2.09. The molecule has 0 fully saturated rings. The lowest BCUT2D eigenvalue weighted by molar-refractivity contribution is 0.112. The molecule has 0 saturated carbocycles. The fraction of sp³-hybridized carbons (Fsp3) is 0.0714. The molecule has 0 bridgehead atoms. The number of carbonyl (C=O) groups is 1. The van der Waals surface area contributed by atoms with Gasteiger partial charge in [0.05, 0.1) is 7.11 Å². The molecule has 0 spiro atoms. The first-order chi connectivity index (χ1) is 7.85. The Bertz CT molecular complexity index is 489. The van der Waals surface area contributed by atoms with Crippen molar-refractivity contribution in [2.45, 2.75) is 0 Å². The molecule has 0 heterocycles. The molecule has 2 rings (SSSR count). The van der Waals surface area contributed by atoms with E-state index in [2.05, 4.69) is 0 Å². The second-order valence-corrected chi connectivity index (χ2v) is 3.44. The van der Waals surface area contributed by atoms with Crippen molar-refractivity contribution in [1.29, 1.82) is 0 Å². The Balaban J connectivity index is 2.57. The van der Waals surface area contributed by atoms with Gasteiger partial charge in [-0.25, -0.2) is 0 Å². The Labute approximate surface area is 94.5 Å². The molecule has 16 heavy (non-hydrogen) atoms. The maximum absolute atomic E-state index is 10.7. The number of carbonyl (C=O) groups excluding carboxylic acids is 1. The van der Waals surface area contributed by atoms with E-state index in [1.165, 1.54) is 0 Å². The first-order valence-corrected chi connectivity index (χ1v) is 5.04. The molecule has 0 aliphatic rings. The smallest absolute Gasteiger partial charge is 0.150 e. The minimum atomic E-state index is 0.652. The van der Waals surface area contributed by atoms with Crippen LogP contribution >= 0.6 is 0 Å². The summed E-state index contributed by atoms with van der Waals surface area (Å²) < 4.78 is 5.28. The average Bonchev–Trinajstić information content (AvgIpc) is 2.39. The van der Waals surface area contributed by atoms with E-state index in [1.54, 1.807) is 13.2 Å². The van der Waals surface area contributed by atoms with Crippen molar-refractivity contribution in [1.82, 2.24) is 0 Å².